The maximum atomic E-state index is 11.6. The van der Waals surface area contributed by atoms with Crippen LogP contribution in [0.4, 0.5) is 4.79 Å². The molecule has 0 spiro atoms. The summed E-state index contributed by atoms with van der Waals surface area (Å²) in [5.74, 6) is -1.21. The first-order valence-electron chi connectivity index (χ1n) is 5.90. The van der Waals surface area contributed by atoms with Gasteiger partial charge in [0.15, 0.2) is 0 Å². The average Bonchev–Trinajstić information content (AvgIpc) is 2.19. The van der Waals surface area contributed by atoms with E-state index in [0.717, 1.165) is 19.3 Å². The molecule has 1 unspecified atom stereocenters. The van der Waals surface area contributed by atoms with Crippen LogP contribution in [0.5, 0.6) is 0 Å². The number of amides is 3. The van der Waals surface area contributed by atoms with Gasteiger partial charge in [-0.3, -0.25) is 9.59 Å². The average molecular weight is 257 g/mol. The highest BCUT2D eigenvalue weighted by molar-refractivity contribution is 5.86. The van der Waals surface area contributed by atoms with Gasteiger partial charge in [-0.15, -0.1) is 0 Å². The van der Waals surface area contributed by atoms with Crippen molar-refractivity contribution >= 4 is 17.9 Å². The van der Waals surface area contributed by atoms with E-state index in [1.165, 1.54) is 6.92 Å². The topological polar surface area (TPSA) is 122 Å². The van der Waals surface area contributed by atoms with Gasteiger partial charge in [0, 0.05) is 6.54 Å². The first-order valence-corrected chi connectivity index (χ1v) is 5.90. The summed E-state index contributed by atoms with van der Waals surface area (Å²) in [5, 5.41) is 13.8. The number of hydrogen-bond donors (Lipinski definition) is 4. The first kappa shape index (κ1) is 14.3. The second-order valence-electron chi connectivity index (χ2n) is 4.87. The Balaban J connectivity index is 2.41. The molecule has 0 aliphatic heterocycles. The standard InChI is InChI=1S/C11H19N3O4/c1-7(14-10(12)18)9(17)13-6-11(3-2-4-11)5-8(15)16/h7H,2-6H2,1H3,(H,13,17)(H,15,16)(H3,12,14,18). The van der Waals surface area contributed by atoms with Gasteiger partial charge in [-0.2, -0.15) is 0 Å². The Morgan fingerprint density at radius 3 is 2.39 bits per heavy atom. The molecular weight excluding hydrogens is 238 g/mol. The Morgan fingerprint density at radius 2 is 2.00 bits per heavy atom. The van der Waals surface area contributed by atoms with E-state index >= 15 is 0 Å². The van der Waals surface area contributed by atoms with E-state index in [1.807, 2.05) is 0 Å². The number of carbonyl (C=O) groups excluding carboxylic acids is 2. The normalized spacial score (nSPS) is 18.3. The summed E-state index contributed by atoms with van der Waals surface area (Å²) in [6.45, 7) is 1.84. The molecule has 0 bridgehead atoms. The first-order chi connectivity index (χ1) is 8.34. The van der Waals surface area contributed by atoms with Crippen LogP contribution in [0.25, 0.3) is 0 Å². The maximum absolute atomic E-state index is 11.6. The molecule has 1 aliphatic carbocycles. The molecule has 7 heteroatoms. The Bertz CT molecular complexity index is 352. The van der Waals surface area contributed by atoms with Crippen molar-refractivity contribution < 1.29 is 19.5 Å². The predicted molar refractivity (Wildman–Crippen MR) is 63.7 cm³/mol. The highest BCUT2D eigenvalue weighted by Crippen LogP contribution is 2.43. The third-order valence-electron chi connectivity index (χ3n) is 3.33. The molecule has 0 aromatic carbocycles. The molecule has 102 valence electrons. The van der Waals surface area contributed by atoms with Crippen molar-refractivity contribution in [1.82, 2.24) is 10.6 Å². The second-order valence-corrected chi connectivity index (χ2v) is 4.87. The smallest absolute Gasteiger partial charge is 0.312 e. The minimum absolute atomic E-state index is 0.0604. The number of hydrogen-bond acceptors (Lipinski definition) is 3. The highest BCUT2D eigenvalue weighted by Gasteiger charge is 2.39. The Hall–Kier alpha value is -1.79. The lowest BCUT2D eigenvalue weighted by Crippen LogP contribution is -2.50. The van der Waals surface area contributed by atoms with E-state index in [0.29, 0.717) is 6.54 Å². The number of primary amides is 1. The van der Waals surface area contributed by atoms with E-state index < -0.39 is 18.0 Å². The molecule has 18 heavy (non-hydrogen) atoms. The molecule has 0 saturated heterocycles. The van der Waals surface area contributed by atoms with Crippen LogP contribution in [0, 0.1) is 5.41 Å². The molecular formula is C11H19N3O4. The summed E-state index contributed by atoms with van der Waals surface area (Å²) < 4.78 is 0. The molecule has 0 heterocycles. The Kier molecular flexibility index (Phi) is 4.52. The van der Waals surface area contributed by atoms with E-state index in [-0.39, 0.29) is 17.7 Å². The lowest BCUT2D eigenvalue weighted by Gasteiger charge is -2.41. The van der Waals surface area contributed by atoms with Crippen molar-refractivity contribution in [1.29, 1.82) is 0 Å². The number of carbonyl (C=O) groups is 3. The van der Waals surface area contributed by atoms with Crippen molar-refractivity contribution in [2.75, 3.05) is 6.54 Å². The van der Waals surface area contributed by atoms with Crippen LogP contribution in [0.1, 0.15) is 32.6 Å². The molecule has 0 aromatic rings. The fourth-order valence-corrected chi connectivity index (χ4v) is 2.12. The SMILES string of the molecule is CC(NC(N)=O)C(=O)NCC1(CC(=O)O)CCC1. The molecule has 1 aliphatic rings. The van der Waals surface area contributed by atoms with Crippen LogP contribution in [-0.4, -0.2) is 35.6 Å². The molecule has 1 atom stereocenters. The quantitative estimate of drug-likeness (QED) is 0.526. The molecule has 0 radical (unpaired) electrons. The van der Waals surface area contributed by atoms with Crippen molar-refractivity contribution in [3.63, 3.8) is 0 Å². The fourth-order valence-electron chi connectivity index (χ4n) is 2.12. The number of urea groups is 1. The van der Waals surface area contributed by atoms with Crippen LogP contribution in [0.3, 0.4) is 0 Å². The van der Waals surface area contributed by atoms with Crippen molar-refractivity contribution in [2.24, 2.45) is 11.1 Å². The van der Waals surface area contributed by atoms with Crippen molar-refractivity contribution in [3.05, 3.63) is 0 Å². The molecule has 0 aromatic heterocycles. The predicted octanol–water partition coefficient (Wildman–Crippen LogP) is -0.196. The zero-order valence-corrected chi connectivity index (χ0v) is 10.4. The van der Waals surface area contributed by atoms with Crippen LogP contribution in [-0.2, 0) is 9.59 Å². The Labute approximate surface area is 105 Å². The molecule has 1 fully saturated rings. The maximum Gasteiger partial charge on any atom is 0.312 e. The van der Waals surface area contributed by atoms with Crippen LogP contribution >= 0.6 is 0 Å². The monoisotopic (exact) mass is 257 g/mol. The number of nitrogens with two attached hydrogens (primary N) is 1. The van der Waals surface area contributed by atoms with E-state index in [4.69, 9.17) is 10.8 Å². The van der Waals surface area contributed by atoms with Gasteiger partial charge in [-0.25, -0.2) is 4.79 Å². The summed E-state index contributed by atoms with van der Waals surface area (Å²) in [6.07, 6.45) is 2.65. The molecule has 1 saturated carbocycles. The number of nitrogens with one attached hydrogen (secondary N) is 2. The minimum atomic E-state index is -0.854. The van der Waals surface area contributed by atoms with Gasteiger partial charge in [0.05, 0.1) is 6.42 Å². The summed E-state index contributed by atoms with van der Waals surface area (Å²) >= 11 is 0. The van der Waals surface area contributed by atoms with Gasteiger partial charge in [-0.1, -0.05) is 6.42 Å². The van der Waals surface area contributed by atoms with E-state index in [9.17, 15) is 14.4 Å². The third-order valence-corrected chi connectivity index (χ3v) is 3.33. The number of rotatable bonds is 6. The van der Waals surface area contributed by atoms with Crippen LogP contribution < -0.4 is 16.4 Å². The van der Waals surface area contributed by atoms with Crippen LogP contribution in [0.2, 0.25) is 0 Å². The lowest BCUT2D eigenvalue weighted by molar-refractivity contribution is -0.142. The highest BCUT2D eigenvalue weighted by atomic mass is 16.4. The largest absolute Gasteiger partial charge is 0.481 e. The number of aliphatic carboxylic acids is 1. The third kappa shape index (κ3) is 3.90. The van der Waals surface area contributed by atoms with Gasteiger partial charge >= 0.3 is 12.0 Å². The number of carboxylic acid groups (broad SMARTS) is 1. The Morgan fingerprint density at radius 1 is 1.39 bits per heavy atom. The molecule has 7 nitrogen and oxygen atoms in total. The molecule has 1 rings (SSSR count). The van der Waals surface area contributed by atoms with Gasteiger partial charge in [0.25, 0.3) is 0 Å². The minimum Gasteiger partial charge on any atom is -0.481 e. The number of carboxylic acids is 1. The van der Waals surface area contributed by atoms with Gasteiger partial charge in [-0.05, 0) is 25.2 Å². The summed E-state index contributed by atoms with van der Waals surface area (Å²) in [4.78, 5) is 32.9. The van der Waals surface area contributed by atoms with Crippen LogP contribution in [0.15, 0.2) is 0 Å². The lowest BCUT2D eigenvalue weighted by atomic mass is 9.66. The van der Waals surface area contributed by atoms with Gasteiger partial charge in [0.1, 0.15) is 6.04 Å². The van der Waals surface area contributed by atoms with Gasteiger partial charge < -0.3 is 21.5 Å². The molecule has 3 amide bonds. The second kappa shape index (κ2) is 5.70. The van der Waals surface area contributed by atoms with Gasteiger partial charge in [0.2, 0.25) is 5.91 Å². The zero-order chi connectivity index (χ0) is 13.8. The molecule has 5 N–H and O–H groups in total. The summed E-state index contributed by atoms with van der Waals surface area (Å²) in [7, 11) is 0. The van der Waals surface area contributed by atoms with Crippen molar-refractivity contribution in [2.45, 2.75) is 38.6 Å². The van der Waals surface area contributed by atoms with E-state index in [1.54, 1.807) is 0 Å². The summed E-state index contributed by atoms with van der Waals surface area (Å²) in [5.41, 5.74) is 4.58. The zero-order valence-electron chi connectivity index (χ0n) is 10.4. The van der Waals surface area contributed by atoms with Crippen molar-refractivity contribution in [3.8, 4) is 0 Å². The van der Waals surface area contributed by atoms with E-state index in [2.05, 4.69) is 10.6 Å². The summed E-state index contributed by atoms with van der Waals surface area (Å²) in [6, 6.07) is -1.48. The fraction of sp³-hybridized carbons (Fsp3) is 0.727.